The zero-order valence-electron chi connectivity index (χ0n) is 11.6. The summed E-state index contributed by atoms with van der Waals surface area (Å²) in [5.41, 5.74) is 2.51. The van der Waals surface area contributed by atoms with Gasteiger partial charge in [0.2, 0.25) is 0 Å². The van der Waals surface area contributed by atoms with Gasteiger partial charge in [-0.1, -0.05) is 6.92 Å². The number of hydrogen-bond acceptors (Lipinski definition) is 4. The fourth-order valence-corrected chi connectivity index (χ4v) is 2.08. The lowest BCUT2D eigenvalue weighted by atomic mass is 10.2. The number of nitrogens with one attached hydrogen (secondary N) is 1. The van der Waals surface area contributed by atoms with E-state index in [-0.39, 0.29) is 0 Å². The van der Waals surface area contributed by atoms with Crippen molar-refractivity contribution in [2.24, 2.45) is 0 Å². The SMILES string of the molecule is CCN(Cc1ccncc1)Cc1occc1CNC. The van der Waals surface area contributed by atoms with Crippen LogP contribution in [0.3, 0.4) is 0 Å². The van der Waals surface area contributed by atoms with Gasteiger partial charge in [0.15, 0.2) is 0 Å². The van der Waals surface area contributed by atoms with E-state index < -0.39 is 0 Å². The van der Waals surface area contributed by atoms with Crippen molar-refractivity contribution in [2.45, 2.75) is 26.6 Å². The van der Waals surface area contributed by atoms with Gasteiger partial charge in [0.1, 0.15) is 5.76 Å². The molecule has 0 unspecified atom stereocenters. The number of nitrogens with zero attached hydrogens (tertiary/aromatic N) is 2. The molecule has 0 aliphatic carbocycles. The second kappa shape index (κ2) is 7.07. The average molecular weight is 259 g/mol. The van der Waals surface area contributed by atoms with E-state index in [9.17, 15) is 0 Å². The van der Waals surface area contributed by atoms with Gasteiger partial charge in [0, 0.05) is 31.0 Å². The summed E-state index contributed by atoms with van der Waals surface area (Å²) in [6, 6.07) is 6.14. The van der Waals surface area contributed by atoms with Crippen molar-refractivity contribution in [3.63, 3.8) is 0 Å². The molecule has 0 saturated carbocycles. The van der Waals surface area contributed by atoms with E-state index in [2.05, 4.69) is 34.3 Å². The van der Waals surface area contributed by atoms with Gasteiger partial charge in [-0.2, -0.15) is 0 Å². The molecule has 0 aliphatic rings. The zero-order valence-corrected chi connectivity index (χ0v) is 11.6. The van der Waals surface area contributed by atoms with Crippen molar-refractivity contribution in [1.82, 2.24) is 15.2 Å². The van der Waals surface area contributed by atoms with Crippen LogP contribution in [0.4, 0.5) is 0 Å². The average Bonchev–Trinajstić information content (AvgIpc) is 2.87. The van der Waals surface area contributed by atoms with Gasteiger partial charge in [-0.25, -0.2) is 0 Å². The van der Waals surface area contributed by atoms with Gasteiger partial charge in [0.25, 0.3) is 0 Å². The second-order valence-corrected chi connectivity index (χ2v) is 4.56. The van der Waals surface area contributed by atoms with E-state index in [4.69, 9.17) is 4.42 Å². The van der Waals surface area contributed by atoms with E-state index in [0.29, 0.717) is 0 Å². The van der Waals surface area contributed by atoms with Crippen LogP contribution in [0.15, 0.2) is 41.3 Å². The Hall–Kier alpha value is -1.65. The third-order valence-corrected chi connectivity index (χ3v) is 3.17. The maximum absolute atomic E-state index is 5.59. The highest BCUT2D eigenvalue weighted by molar-refractivity contribution is 5.17. The fraction of sp³-hybridized carbons (Fsp3) is 0.400. The Labute approximate surface area is 114 Å². The van der Waals surface area contributed by atoms with E-state index in [1.165, 1.54) is 11.1 Å². The first kappa shape index (κ1) is 13.8. The summed E-state index contributed by atoms with van der Waals surface area (Å²) in [7, 11) is 1.95. The molecular weight excluding hydrogens is 238 g/mol. The molecule has 0 amide bonds. The number of aromatic nitrogens is 1. The molecule has 2 rings (SSSR count). The summed E-state index contributed by atoms with van der Waals surface area (Å²) in [5, 5.41) is 3.16. The number of rotatable bonds is 7. The summed E-state index contributed by atoms with van der Waals surface area (Å²) >= 11 is 0. The van der Waals surface area contributed by atoms with Crippen LogP contribution in [-0.4, -0.2) is 23.5 Å². The summed E-state index contributed by atoms with van der Waals surface area (Å²) in [5.74, 6) is 1.05. The predicted octanol–water partition coefficient (Wildman–Crippen LogP) is 2.42. The molecule has 4 heteroatoms. The maximum Gasteiger partial charge on any atom is 0.122 e. The number of hydrogen-bond donors (Lipinski definition) is 1. The van der Waals surface area contributed by atoms with Crippen LogP contribution in [-0.2, 0) is 19.6 Å². The normalized spacial score (nSPS) is 11.1. The molecule has 2 aromatic heterocycles. The van der Waals surface area contributed by atoms with E-state index in [1.807, 2.05) is 25.5 Å². The highest BCUT2D eigenvalue weighted by Gasteiger charge is 2.11. The van der Waals surface area contributed by atoms with Gasteiger partial charge in [-0.15, -0.1) is 0 Å². The van der Waals surface area contributed by atoms with Crippen LogP contribution >= 0.6 is 0 Å². The van der Waals surface area contributed by atoms with Crippen LogP contribution in [0.25, 0.3) is 0 Å². The minimum absolute atomic E-state index is 0.836. The molecule has 2 heterocycles. The first-order valence-corrected chi connectivity index (χ1v) is 6.64. The van der Waals surface area contributed by atoms with E-state index in [1.54, 1.807) is 6.26 Å². The van der Waals surface area contributed by atoms with Crippen molar-refractivity contribution < 1.29 is 4.42 Å². The smallest absolute Gasteiger partial charge is 0.122 e. The molecule has 0 radical (unpaired) electrons. The minimum Gasteiger partial charge on any atom is -0.468 e. The lowest BCUT2D eigenvalue weighted by Gasteiger charge is -2.19. The van der Waals surface area contributed by atoms with Gasteiger partial charge >= 0.3 is 0 Å². The molecule has 0 saturated heterocycles. The molecule has 0 aromatic carbocycles. The molecule has 2 aromatic rings. The first-order valence-electron chi connectivity index (χ1n) is 6.64. The fourth-order valence-electron chi connectivity index (χ4n) is 2.08. The van der Waals surface area contributed by atoms with Crippen molar-refractivity contribution in [1.29, 1.82) is 0 Å². The van der Waals surface area contributed by atoms with E-state index >= 15 is 0 Å². The quantitative estimate of drug-likeness (QED) is 0.829. The Kier molecular flexibility index (Phi) is 5.12. The van der Waals surface area contributed by atoms with Crippen LogP contribution in [0.2, 0.25) is 0 Å². The maximum atomic E-state index is 5.59. The zero-order chi connectivity index (χ0) is 13.5. The Morgan fingerprint density at radius 3 is 2.68 bits per heavy atom. The summed E-state index contributed by atoms with van der Waals surface area (Å²) in [6.07, 6.45) is 5.44. The van der Waals surface area contributed by atoms with Crippen LogP contribution in [0, 0.1) is 0 Å². The largest absolute Gasteiger partial charge is 0.468 e. The number of furan rings is 1. The van der Waals surface area contributed by atoms with Crippen LogP contribution in [0.5, 0.6) is 0 Å². The molecule has 0 aliphatic heterocycles. The Bertz CT molecular complexity index is 481. The lowest BCUT2D eigenvalue weighted by Crippen LogP contribution is -2.23. The Morgan fingerprint density at radius 1 is 1.21 bits per heavy atom. The van der Waals surface area contributed by atoms with Crippen molar-refractivity contribution in [2.75, 3.05) is 13.6 Å². The molecule has 0 fully saturated rings. The first-order chi connectivity index (χ1) is 9.33. The van der Waals surface area contributed by atoms with E-state index in [0.717, 1.165) is 31.9 Å². The Balaban J connectivity index is 2.00. The summed E-state index contributed by atoms with van der Waals surface area (Å²) < 4.78 is 5.59. The molecule has 0 spiro atoms. The molecule has 19 heavy (non-hydrogen) atoms. The molecule has 4 nitrogen and oxygen atoms in total. The van der Waals surface area contributed by atoms with Crippen molar-refractivity contribution in [3.8, 4) is 0 Å². The van der Waals surface area contributed by atoms with Gasteiger partial charge in [0.05, 0.1) is 12.8 Å². The number of pyridine rings is 1. The Morgan fingerprint density at radius 2 is 2.00 bits per heavy atom. The highest BCUT2D eigenvalue weighted by atomic mass is 16.3. The van der Waals surface area contributed by atoms with Crippen LogP contribution < -0.4 is 5.32 Å². The molecule has 102 valence electrons. The highest BCUT2D eigenvalue weighted by Crippen LogP contribution is 2.15. The van der Waals surface area contributed by atoms with Crippen LogP contribution in [0.1, 0.15) is 23.8 Å². The summed E-state index contributed by atoms with van der Waals surface area (Å²) in [4.78, 5) is 6.40. The monoisotopic (exact) mass is 259 g/mol. The molecule has 1 N–H and O–H groups in total. The molecular formula is C15H21N3O. The third kappa shape index (κ3) is 3.91. The molecule has 0 bridgehead atoms. The summed E-state index contributed by atoms with van der Waals surface area (Å²) in [6.45, 7) is 5.75. The van der Waals surface area contributed by atoms with Gasteiger partial charge < -0.3 is 9.73 Å². The third-order valence-electron chi connectivity index (χ3n) is 3.17. The topological polar surface area (TPSA) is 41.3 Å². The standard InChI is InChI=1S/C15H21N3O/c1-3-18(11-13-4-7-17-8-5-13)12-15-14(10-16-2)6-9-19-15/h4-9,16H,3,10-12H2,1-2H3. The van der Waals surface area contributed by atoms with Gasteiger partial charge in [-0.3, -0.25) is 9.88 Å². The predicted molar refractivity (Wildman–Crippen MR) is 75.5 cm³/mol. The second-order valence-electron chi connectivity index (χ2n) is 4.56. The molecule has 0 atom stereocenters. The lowest BCUT2D eigenvalue weighted by molar-refractivity contribution is 0.246. The minimum atomic E-state index is 0.836. The van der Waals surface area contributed by atoms with Crippen molar-refractivity contribution >= 4 is 0 Å². The van der Waals surface area contributed by atoms with Gasteiger partial charge in [-0.05, 0) is 37.4 Å². The van der Waals surface area contributed by atoms with Crippen molar-refractivity contribution in [3.05, 3.63) is 53.7 Å².